The number of halogens is 3. The lowest BCUT2D eigenvalue weighted by Gasteiger charge is -2.13. The molecule has 0 aliphatic rings. The Morgan fingerprint density at radius 3 is 2.65 bits per heavy atom. The highest BCUT2D eigenvalue weighted by Crippen LogP contribution is 2.18. The van der Waals surface area contributed by atoms with Crippen molar-refractivity contribution in [1.29, 1.82) is 0 Å². The van der Waals surface area contributed by atoms with Gasteiger partial charge in [0.05, 0.1) is 11.2 Å². The summed E-state index contributed by atoms with van der Waals surface area (Å²) in [6, 6.07) is 11.0. The van der Waals surface area contributed by atoms with Gasteiger partial charge in [-0.1, -0.05) is 29.8 Å². The van der Waals surface area contributed by atoms with E-state index < -0.39 is 41.0 Å². The highest BCUT2D eigenvalue weighted by Gasteiger charge is 2.20. The molecule has 0 bridgehead atoms. The van der Waals surface area contributed by atoms with Crippen LogP contribution in [0.5, 0.6) is 0 Å². The van der Waals surface area contributed by atoms with Crippen LogP contribution in [0.4, 0.5) is 8.78 Å². The minimum atomic E-state index is -0.951. The molecule has 0 saturated carbocycles. The van der Waals surface area contributed by atoms with Crippen LogP contribution >= 0.6 is 22.9 Å². The van der Waals surface area contributed by atoms with Crippen LogP contribution in [0, 0.1) is 11.6 Å². The number of fused-ring (bicyclic) bond motifs is 1. The minimum absolute atomic E-state index is 0.137. The van der Waals surface area contributed by atoms with Gasteiger partial charge in [-0.15, -0.1) is 11.3 Å². The van der Waals surface area contributed by atoms with Crippen molar-refractivity contribution in [2.24, 2.45) is 0 Å². The van der Waals surface area contributed by atoms with E-state index in [4.69, 9.17) is 11.6 Å². The Morgan fingerprint density at radius 1 is 1.10 bits per heavy atom. The second-order valence-corrected chi connectivity index (χ2v) is 7.93. The summed E-state index contributed by atoms with van der Waals surface area (Å²) in [7, 11) is 0. The number of aromatic nitrogens is 2. The molecular weight excluding hydrogens is 448 g/mol. The van der Waals surface area contributed by atoms with Gasteiger partial charge in [0.2, 0.25) is 5.91 Å². The average Bonchev–Trinajstić information content (AvgIpc) is 3.23. The van der Waals surface area contributed by atoms with Crippen LogP contribution in [0.1, 0.15) is 5.56 Å². The first kappa shape index (κ1) is 21.0. The summed E-state index contributed by atoms with van der Waals surface area (Å²) in [5.74, 6) is -2.26. The Hall–Kier alpha value is -3.30. The number of hydrogen-bond donors (Lipinski definition) is 1. The predicted octanol–water partition coefficient (Wildman–Crippen LogP) is 3.46. The van der Waals surface area contributed by atoms with Gasteiger partial charge in [-0.3, -0.25) is 14.2 Å². The van der Waals surface area contributed by atoms with Crippen LogP contribution in [0.25, 0.3) is 15.9 Å². The Balaban J connectivity index is 1.74. The fourth-order valence-corrected chi connectivity index (χ4v) is 4.17. The van der Waals surface area contributed by atoms with Crippen LogP contribution in [-0.4, -0.2) is 15.0 Å². The lowest BCUT2D eigenvalue weighted by atomic mass is 10.2. The SMILES string of the molecule is O=C(Cn1c(=O)n(-c2cc(F)ccc2F)c(=O)c2sccc21)NCc1ccccc1Cl. The standard InChI is InChI=1S/C21H14ClF2N3O3S/c22-14-4-2-1-3-12(14)10-25-18(28)11-26-16-7-8-31-19(16)20(29)27(21(26)30)17-9-13(23)5-6-15(17)24/h1-9H,10-11H2,(H,25,28). The molecule has 31 heavy (non-hydrogen) atoms. The van der Waals surface area contributed by atoms with Crippen molar-refractivity contribution in [3.05, 3.63) is 97.0 Å². The van der Waals surface area contributed by atoms with Crippen molar-refractivity contribution < 1.29 is 13.6 Å². The number of carbonyl (C=O) groups excluding carboxylic acids is 1. The molecule has 4 aromatic rings. The second-order valence-electron chi connectivity index (χ2n) is 6.61. The summed E-state index contributed by atoms with van der Waals surface area (Å²) in [6.45, 7) is -0.286. The van der Waals surface area contributed by atoms with E-state index in [1.54, 1.807) is 29.6 Å². The topological polar surface area (TPSA) is 73.1 Å². The van der Waals surface area contributed by atoms with Gasteiger partial charge in [-0.05, 0) is 35.2 Å². The maximum atomic E-state index is 14.3. The fraction of sp³-hybridized carbons (Fsp3) is 0.0952. The van der Waals surface area contributed by atoms with Gasteiger partial charge < -0.3 is 5.32 Å². The van der Waals surface area contributed by atoms with E-state index in [0.29, 0.717) is 15.2 Å². The number of rotatable bonds is 5. The summed E-state index contributed by atoms with van der Waals surface area (Å²) in [6.07, 6.45) is 0. The van der Waals surface area contributed by atoms with Crippen molar-refractivity contribution in [2.45, 2.75) is 13.1 Å². The van der Waals surface area contributed by atoms with Crippen molar-refractivity contribution >= 4 is 39.1 Å². The molecule has 0 atom stereocenters. The molecule has 0 aliphatic carbocycles. The molecule has 4 rings (SSSR count). The third kappa shape index (κ3) is 4.01. The highest BCUT2D eigenvalue weighted by atomic mass is 35.5. The maximum absolute atomic E-state index is 14.3. The fourth-order valence-electron chi connectivity index (χ4n) is 3.14. The lowest BCUT2D eigenvalue weighted by molar-refractivity contribution is -0.121. The lowest BCUT2D eigenvalue weighted by Crippen LogP contribution is -2.41. The summed E-state index contributed by atoms with van der Waals surface area (Å²) in [5.41, 5.74) is -1.32. The number of thiophene rings is 1. The number of carbonyl (C=O) groups is 1. The van der Waals surface area contributed by atoms with E-state index in [1.807, 2.05) is 0 Å². The van der Waals surface area contributed by atoms with Crippen LogP contribution < -0.4 is 16.6 Å². The van der Waals surface area contributed by atoms with Gasteiger partial charge in [0.1, 0.15) is 22.9 Å². The Kier molecular flexibility index (Phi) is 5.71. The van der Waals surface area contributed by atoms with E-state index in [-0.39, 0.29) is 16.8 Å². The van der Waals surface area contributed by atoms with Gasteiger partial charge in [0, 0.05) is 17.6 Å². The number of benzene rings is 2. The van der Waals surface area contributed by atoms with E-state index in [0.717, 1.165) is 34.1 Å². The summed E-state index contributed by atoms with van der Waals surface area (Å²) < 4.78 is 29.7. The van der Waals surface area contributed by atoms with Crippen molar-refractivity contribution in [1.82, 2.24) is 14.5 Å². The third-order valence-electron chi connectivity index (χ3n) is 4.64. The number of nitrogens with zero attached hydrogens (tertiary/aromatic N) is 2. The molecule has 0 unspecified atom stereocenters. The van der Waals surface area contributed by atoms with E-state index in [1.165, 1.54) is 6.07 Å². The molecule has 10 heteroatoms. The molecule has 0 saturated heterocycles. The summed E-state index contributed by atoms with van der Waals surface area (Å²) in [5, 5.41) is 4.73. The van der Waals surface area contributed by atoms with Crippen LogP contribution in [0.2, 0.25) is 5.02 Å². The summed E-state index contributed by atoms with van der Waals surface area (Å²) in [4.78, 5) is 38.4. The largest absolute Gasteiger partial charge is 0.350 e. The molecule has 1 amide bonds. The first-order chi connectivity index (χ1) is 14.9. The quantitative estimate of drug-likeness (QED) is 0.494. The van der Waals surface area contributed by atoms with Gasteiger partial charge in [0.15, 0.2) is 0 Å². The first-order valence-corrected chi connectivity index (χ1v) is 10.3. The number of nitrogens with one attached hydrogen (secondary N) is 1. The minimum Gasteiger partial charge on any atom is -0.350 e. The highest BCUT2D eigenvalue weighted by molar-refractivity contribution is 7.17. The van der Waals surface area contributed by atoms with Gasteiger partial charge in [-0.25, -0.2) is 18.1 Å². The molecular formula is C21H14ClF2N3O3S. The molecule has 0 radical (unpaired) electrons. The maximum Gasteiger partial charge on any atom is 0.336 e. The first-order valence-electron chi connectivity index (χ1n) is 9.05. The Bertz CT molecular complexity index is 1430. The van der Waals surface area contributed by atoms with Crippen molar-refractivity contribution in [3.8, 4) is 5.69 Å². The second kappa shape index (κ2) is 8.44. The number of amides is 1. The van der Waals surface area contributed by atoms with Crippen molar-refractivity contribution in [2.75, 3.05) is 0 Å². The molecule has 2 heterocycles. The van der Waals surface area contributed by atoms with E-state index >= 15 is 0 Å². The Labute approximate surface area is 182 Å². The zero-order chi connectivity index (χ0) is 22.1. The molecule has 158 valence electrons. The predicted molar refractivity (Wildman–Crippen MR) is 115 cm³/mol. The van der Waals surface area contributed by atoms with Crippen LogP contribution in [-0.2, 0) is 17.9 Å². The smallest absolute Gasteiger partial charge is 0.336 e. The van der Waals surface area contributed by atoms with Crippen LogP contribution in [0.15, 0.2) is 63.5 Å². The van der Waals surface area contributed by atoms with Gasteiger partial charge >= 0.3 is 5.69 Å². The zero-order valence-corrected chi connectivity index (χ0v) is 17.3. The molecule has 0 fully saturated rings. The van der Waals surface area contributed by atoms with E-state index in [2.05, 4.69) is 5.32 Å². The monoisotopic (exact) mass is 461 g/mol. The van der Waals surface area contributed by atoms with Gasteiger partial charge in [-0.2, -0.15) is 0 Å². The zero-order valence-electron chi connectivity index (χ0n) is 15.8. The molecule has 2 aromatic carbocycles. The Morgan fingerprint density at radius 2 is 1.87 bits per heavy atom. The molecule has 6 nitrogen and oxygen atoms in total. The average molecular weight is 462 g/mol. The summed E-state index contributed by atoms with van der Waals surface area (Å²) >= 11 is 7.12. The molecule has 2 aromatic heterocycles. The number of hydrogen-bond acceptors (Lipinski definition) is 4. The van der Waals surface area contributed by atoms with Crippen LogP contribution in [0.3, 0.4) is 0 Å². The molecule has 1 N–H and O–H groups in total. The van der Waals surface area contributed by atoms with E-state index in [9.17, 15) is 23.2 Å². The third-order valence-corrected chi connectivity index (χ3v) is 5.90. The van der Waals surface area contributed by atoms with Gasteiger partial charge in [0.25, 0.3) is 5.56 Å². The van der Waals surface area contributed by atoms with Crippen molar-refractivity contribution in [3.63, 3.8) is 0 Å². The molecule has 0 spiro atoms. The normalized spacial score (nSPS) is 11.1. The molecule has 0 aliphatic heterocycles.